The highest BCUT2D eigenvalue weighted by Gasteiger charge is 2.38. The number of ether oxygens (including phenoxy) is 1. The van der Waals surface area contributed by atoms with Gasteiger partial charge in [0.25, 0.3) is 0 Å². The van der Waals surface area contributed by atoms with Crippen LogP contribution in [0, 0.1) is 5.92 Å². The first-order valence-electron chi connectivity index (χ1n) is 3.32. The summed E-state index contributed by atoms with van der Waals surface area (Å²) in [7, 11) is 1.32. The minimum absolute atomic E-state index is 0.152. The summed E-state index contributed by atoms with van der Waals surface area (Å²) in [6.07, 6.45) is 0.964. The van der Waals surface area contributed by atoms with Crippen molar-refractivity contribution in [3.8, 4) is 0 Å². The summed E-state index contributed by atoms with van der Waals surface area (Å²) in [5, 5.41) is -0.223. The van der Waals surface area contributed by atoms with Gasteiger partial charge < -0.3 is 9.29 Å². The zero-order valence-corrected chi connectivity index (χ0v) is 6.97. The molecule has 0 spiro atoms. The van der Waals surface area contributed by atoms with Gasteiger partial charge in [-0.1, -0.05) is 0 Å². The van der Waals surface area contributed by atoms with Crippen LogP contribution < -0.4 is 0 Å². The maximum absolute atomic E-state index is 10.8. The average molecular weight is 178 g/mol. The van der Waals surface area contributed by atoms with Gasteiger partial charge in [-0.15, -0.1) is 0 Å². The highest BCUT2D eigenvalue weighted by Crippen LogP contribution is 2.31. The third kappa shape index (κ3) is 1.78. The molecule has 64 valence electrons. The second-order valence-corrected chi connectivity index (χ2v) is 3.81. The molecule has 1 saturated carbocycles. The molecular weight excluding hydrogens is 168 g/mol. The van der Waals surface area contributed by atoms with Gasteiger partial charge in [0.15, 0.2) is 11.1 Å². The molecule has 0 amide bonds. The third-order valence-electron chi connectivity index (χ3n) is 1.91. The second kappa shape index (κ2) is 3.32. The lowest BCUT2D eigenvalue weighted by molar-refractivity contribution is -0.148. The van der Waals surface area contributed by atoms with E-state index in [9.17, 15) is 9.00 Å². The molecule has 1 aliphatic carbocycles. The van der Waals surface area contributed by atoms with Crippen LogP contribution in [0.3, 0.4) is 0 Å². The van der Waals surface area contributed by atoms with Crippen molar-refractivity contribution < 1.29 is 18.3 Å². The topological polar surface area (TPSA) is 63.6 Å². The van der Waals surface area contributed by atoms with Crippen molar-refractivity contribution in [1.82, 2.24) is 0 Å². The number of esters is 1. The number of methoxy groups -OCH3 is 1. The predicted octanol–water partition coefficient (Wildman–Crippen LogP) is 0.160. The van der Waals surface area contributed by atoms with Gasteiger partial charge >= 0.3 is 5.97 Å². The van der Waals surface area contributed by atoms with E-state index < -0.39 is 11.1 Å². The minimum Gasteiger partial charge on any atom is -0.469 e. The van der Waals surface area contributed by atoms with Crippen LogP contribution in [0.2, 0.25) is 0 Å². The minimum atomic E-state index is -1.77. The molecule has 1 unspecified atom stereocenters. The van der Waals surface area contributed by atoms with E-state index in [1.165, 1.54) is 7.11 Å². The lowest BCUT2D eigenvalue weighted by atomic mass is 9.85. The standard InChI is InChI=1S/C6H10O4S/c1-10-6(7)4-2-5(3-4)11(8)9/h4-5H,2-3H2,1H3,(H,8,9)/t4-,5-. The zero-order chi connectivity index (χ0) is 8.43. The van der Waals surface area contributed by atoms with Gasteiger partial charge in [-0.25, -0.2) is 4.21 Å². The molecule has 0 heterocycles. The summed E-state index contributed by atoms with van der Waals surface area (Å²) in [6.45, 7) is 0. The Morgan fingerprint density at radius 1 is 1.64 bits per heavy atom. The molecule has 1 atom stereocenters. The molecule has 1 fully saturated rings. The van der Waals surface area contributed by atoms with Crippen molar-refractivity contribution in [2.24, 2.45) is 5.92 Å². The van der Waals surface area contributed by atoms with Crippen molar-refractivity contribution in [3.05, 3.63) is 0 Å². The summed E-state index contributed by atoms with van der Waals surface area (Å²) in [5.74, 6) is -0.423. The largest absolute Gasteiger partial charge is 0.469 e. The molecule has 1 N–H and O–H groups in total. The molecule has 0 bridgehead atoms. The molecule has 1 aliphatic rings. The average Bonchev–Trinajstić information content (AvgIpc) is 1.83. The summed E-state index contributed by atoms with van der Waals surface area (Å²) in [5.41, 5.74) is 0. The first-order chi connectivity index (χ1) is 5.15. The Morgan fingerprint density at radius 3 is 2.55 bits per heavy atom. The number of rotatable bonds is 2. The molecule has 0 aromatic carbocycles. The number of hydrogen-bond donors (Lipinski definition) is 1. The van der Waals surface area contributed by atoms with Crippen LogP contribution in [0.1, 0.15) is 12.8 Å². The summed E-state index contributed by atoms with van der Waals surface area (Å²) in [6, 6.07) is 0. The van der Waals surface area contributed by atoms with Gasteiger partial charge in [0.2, 0.25) is 0 Å². The van der Waals surface area contributed by atoms with Crippen molar-refractivity contribution >= 4 is 17.0 Å². The molecule has 11 heavy (non-hydrogen) atoms. The normalized spacial score (nSPS) is 32.2. The van der Waals surface area contributed by atoms with Gasteiger partial charge in [-0.3, -0.25) is 4.79 Å². The monoisotopic (exact) mass is 178 g/mol. The Bertz CT molecular complexity index is 185. The second-order valence-electron chi connectivity index (χ2n) is 2.59. The molecule has 0 aliphatic heterocycles. The van der Waals surface area contributed by atoms with Crippen LogP contribution in [0.15, 0.2) is 0 Å². The lowest BCUT2D eigenvalue weighted by Gasteiger charge is -2.29. The summed E-state index contributed by atoms with van der Waals surface area (Å²) < 4.78 is 23.4. The highest BCUT2D eigenvalue weighted by atomic mass is 32.2. The lowest BCUT2D eigenvalue weighted by Crippen LogP contribution is -2.37. The van der Waals surface area contributed by atoms with Crippen molar-refractivity contribution in [2.75, 3.05) is 7.11 Å². The fourth-order valence-electron chi connectivity index (χ4n) is 1.09. The Kier molecular flexibility index (Phi) is 2.62. The highest BCUT2D eigenvalue weighted by molar-refractivity contribution is 7.79. The summed E-state index contributed by atoms with van der Waals surface area (Å²) in [4.78, 5) is 10.8. The Labute approximate surface area is 67.2 Å². The number of carbonyl (C=O) groups excluding carboxylic acids is 1. The quantitative estimate of drug-likeness (QED) is 0.483. The van der Waals surface area contributed by atoms with E-state index in [4.69, 9.17) is 4.55 Å². The Balaban J connectivity index is 2.29. The van der Waals surface area contributed by atoms with Gasteiger partial charge in [-0.05, 0) is 12.8 Å². The molecule has 0 aromatic heterocycles. The van der Waals surface area contributed by atoms with E-state index in [0.717, 1.165) is 0 Å². The van der Waals surface area contributed by atoms with Crippen LogP contribution in [-0.2, 0) is 20.6 Å². The van der Waals surface area contributed by atoms with Crippen molar-refractivity contribution in [3.63, 3.8) is 0 Å². The molecule has 0 radical (unpaired) electrons. The van der Waals surface area contributed by atoms with E-state index in [-0.39, 0.29) is 17.1 Å². The maximum atomic E-state index is 10.8. The van der Waals surface area contributed by atoms with Gasteiger partial charge in [0.05, 0.1) is 18.3 Å². The first-order valence-corrected chi connectivity index (χ1v) is 4.49. The molecule has 0 saturated heterocycles. The van der Waals surface area contributed by atoms with Crippen molar-refractivity contribution in [2.45, 2.75) is 18.1 Å². The Hall–Kier alpha value is -0.420. The van der Waals surface area contributed by atoms with E-state index in [1.807, 2.05) is 0 Å². The first kappa shape index (κ1) is 8.67. The van der Waals surface area contributed by atoms with Crippen LogP contribution >= 0.6 is 0 Å². The molecule has 1 rings (SSSR count). The van der Waals surface area contributed by atoms with E-state index in [0.29, 0.717) is 12.8 Å². The molecular formula is C6H10O4S. The van der Waals surface area contributed by atoms with E-state index in [2.05, 4.69) is 4.74 Å². The Morgan fingerprint density at radius 2 is 2.18 bits per heavy atom. The van der Waals surface area contributed by atoms with E-state index >= 15 is 0 Å². The van der Waals surface area contributed by atoms with Gasteiger partial charge in [-0.2, -0.15) is 0 Å². The molecule has 0 aromatic rings. The molecule has 5 heteroatoms. The smallest absolute Gasteiger partial charge is 0.308 e. The van der Waals surface area contributed by atoms with Crippen LogP contribution in [0.4, 0.5) is 0 Å². The van der Waals surface area contributed by atoms with Crippen LogP contribution in [0.5, 0.6) is 0 Å². The van der Waals surface area contributed by atoms with E-state index in [1.54, 1.807) is 0 Å². The third-order valence-corrected chi connectivity index (χ3v) is 2.87. The number of carbonyl (C=O) groups is 1. The fourth-order valence-corrected chi connectivity index (χ4v) is 1.88. The zero-order valence-electron chi connectivity index (χ0n) is 6.15. The fraction of sp³-hybridized carbons (Fsp3) is 0.833. The maximum Gasteiger partial charge on any atom is 0.308 e. The summed E-state index contributed by atoms with van der Waals surface area (Å²) >= 11 is -1.77. The van der Waals surface area contributed by atoms with Gasteiger partial charge in [0, 0.05) is 0 Å². The van der Waals surface area contributed by atoms with Crippen LogP contribution in [-0.4, -0.2) is 27.1 Å². The molecule has 4 nitrogen and oxygen atoms in total. The van der Waals surface area contributed by atoms with Crippen LogP contribution in [0.25, 0.3) is 0 Å². The van der Waals surface area contributed by atoms with Gasteiger partial charge in [0.1, 0.15) is 0 Å². The number of hydrogen-bond acceptors (Lipinski definition) is 3. The predicted molar refractivity (Wildman–Crippen MR) is 39.3 cm³/mol. The van der Waals surface area contributed by atoms with Crippen molar-refractivity contribution in [1.29, 1.82) is 0 Å². The SMILES string of the molecule is COC(=O)[C@H]1C[C@H](S(=O)O)C1.